The van der Waals surface area contributed by atoms with E-state index in [1.54, 1.807) is 30.3 Å². The molecule has 1 aromatic rings. The van der Waals surface area contributed by atoms with E-state index in [-0.39, 0.29) is 19.0 Å². The Balaban J connectivity index is 2.54. The summed E-state index contributed by atoms with van der Waals surface area (Å²) in [7, 11) is 0. The predicted molar refractivity (Wildman–Crippen MR) is 73.2 cm³/mol. The molecule has 1 rings (SSSR count). The molecule has 0 aliphatic carbocycles. The average molecular weight is 276 g/mol. The van der Waals surface area contributed by atoms with E-state index in [9.17, 15) is 14.4 Å². The molecule has 0 spiro atoms. The first kappa shape index (κ1) is 15.4. The third kappa shape index (κ3) is 4.93. The number of carbonyl (C=O) groups is 3. The molecule has 2 amide bonds. The Hall–Kier alpha value is -2.63. The van der Waals surface area contributed by atoms with Crippen LogP contribution < -0.4 is 5.32 Å². The van der Waals surface area contributed by atoms with Gasteiger partial charge in [-0.3, -0.25) is 14.4 Å². The summed E-state index contributed by atoms with van der Waals surface area (Å²) in [4.78, 5) is 35.3. The van der Waals surface area contributed by atoms with Crippen LogP contribution in [0.25, 0.3) is 0 Å². The standard InChI is InChI=1S/C14H16N2O4/c1-2-8-16(10-13(18)19)12(17)9-15-14(20)11-6-4-3-5-7-11/h2-7H,1,8-10H2,(H,15,20)(H,18,19). The number of amides is 2. The molecule has 2 N–H and O–H groups in total. The normalized spacial score (nSPS) is 9.60. The molecule has 0 aromatic heterocycles. The lowest BCUT2D eigenvalue weighted by atomic mass is 10.2. The van der Waals surface area contributed by atoms with Gasteiger partial charge in [0.1, 0.15) is 6.54 Å². The van der Waals surface area contributed by atoms with E-state index in [4.69, 9.17) is 5.11 Å². The predicted octanol–water partition coefficient (Wildman–Crippen LogP) is 0.516. The second-order valence-electron chi connectivity index (χ2n) is 4.01. The van der Waals surface area contributed by atoms with E-state index in [0.29, 0.717) is 5.56 Å². The minimum atomic E-state index is -1.12. The van der Waals surface area contributed by atoms with Crippen molar-refractivity contribution in [3.63, 3.8) is 0 Å². The molecule has 0 aliphatic rings. The van der Waals surface area contributed by atoms with Crippen LogP contribution >= 0.6 is 0 Å². The Morgan fingerprint density at radius 2 is 1.90 bits per heavy atom. The van der Waals surface area contributed by atoms with Gasteiger partial charge in [-0.1, -0.05) is 24.3 Å². The Bertz CT molecular complexity index is 499. The van der Waals surface area contributed by atoms with E-state index >= 15 is 0 Å². The van der Waals surface area contributed by atoms with Crippen molar-refractivity contribution in [2.45, 2.75) is 0 Å². The molecule has 0 radical (unpaired) electrons. The highest BCUT2D eigenvalue weighted by atomic mass is 16.4. The van der Waals surface area contributed by atoms with Crippen molar-refractivity contribution in [1.82, 2.24) is 10.2 Å². The van der Waals surface area contributed by atoms with E-state index in [1.165, 1.54) is 6.08 Å². The molecule has 0 unspecified atom stereocenters. The summed E-state index contributed by atoms with van der Waals surface area (Å²) < 4.78 is 0. The number of carboxylic acids is 1. The molecule has 20 heavy (non-hydrogen) atoms. The molecular weight excluding hydrogens is 260 g/mol. The van der Waals surface area contributed by atoms with Gasteiger partial charge in [0.15, 0.2) is 0 Å². The summed E-state index contributed by atoms with van der Waals surface area (Å²) in [6.45, 7) is 2.90. The smallest absolute Gasteiger partial charge is 0.323 e. The molecule has 0 atom stereocenters. The highest BCUT2D eigenvalue weighted by Gasteiger charge is 2.16. The van der Waals surface area contributed by atoms with Crippen molar-refractivity contribution in [1.29, 1.82) is 0 Å². The fourth-order valence-electron chi connectivity index (χ4n) is 1.53. The van der Waals surface area contributed by atoms with Gasteiger partial charge >= 0.3 is 5.97 Å². The summed E-state index contributed by atoms with van der Waals surface area (Å²) >= 11 is 0. The van der Waals surface area contributed by atoms with Gasteiger partial charge < -0.3 is 15.3 Å². The maximum Gasteiger partial charge on any atom is 0.323 e. The summed E-state index contributed by atoms with van der Waals surface area (Å²) in [6.07, 6.45) is 1.43. The Kier molecular flexibility index (Phi) is 5.96. The van der Waals surface area contributed by atoms with E-state index in [2.05, 4.69) is 11.9 Å². The van der Waals surface area contributed by atoms with Gasteiger partial charge in [-0.25, -0.2) is 0 Å². The van der Waals surface area contributed by atoms with Gasteiger partial charge in [0.25, 0.3) is 5.91 Å². The number of carboxylic acid groups (broad SMARTS) is 1. The number of rotatable bonds is 7. The second-order valence-corrected chi connectivity index (χ2v) is 4.01. The van der Waals surface area contributed by atoms with Crippen LogP contribution in [-0.4, -0.2) is 47.4 Å². The first-order valence-corrected chi connectivity index (χ1v) is 5.98. The van der Waals surface area contributed by atoms with Crippen LogP contribution in [0.1, 0.15) is 10.4 Å². The first-order chi connectivity index (χ1) is 9.54. The molecule has 0 fully saturated rings. The van der Waals surface area contributed by atoms with Crippen molar-refractivity contribution >= 4 is 17.8 Å². The number of nitrogens with zero attached hydrogens (tertiary/aromatic N) is 1. The van der Waals surface area contributed by atoms with Gasteiger partial charge in [0.2, 0.25) is 5.91 Å². The van der Waals surface area contributed by atoms with Crippen LogP contribution in [0.4, 0.5) is 0 Å². The quantitative estimate of drug-likeness (QED) is 0.711. The van der Waals surface area contributed by atoms with E-state index in [1.807, 2.05) is 0 Å². The lowest BCUT2D eigenvalue weighted by molar-refractivity contribution is -0.143. The number of carbonyl (C=O) groups excluding carboxylic acids is 2. The van der Waals surface area contributed by atoms with Crippen LogP contribution in [0.2, 0.25) is 0 Å². The minimum Gasteiger partial charge on any atom is -0.480 e. The fraction of sp³-hybridized carbons (Fsp3) is 0.214. The lowest BCUT2D eigenvalue weighted by Crippen LogP contribution is -2.42. The highest BCUT2D eigenvalue weighted by molar-refractivity contribution is 5.96. The second kappa shape index (κ2) is 7.73. The van der Waals surface area contributed by atoms with E-state index < -0.39 is 18.4 Å². The third-order valence-electron chi connectivity index (χ3n) is 2.46. The van der Waals surface area contributed by atoms with Gasteiger partial charge in [-0.15, -0.1) is 6.58 Å². The number of aliphatic carboxylic acids is 1. The first-order valence-electron chi connectivity index (χ1n) is 5.98. The van der Waals surface area contributed by atoms with Crippen molar-refractivity contribution in [2.24, 2.45) is 0 Å². The number of nitrogens with one attached hydrogen (secondary N) is 1. The van der Waals surface area contributed by atoms with Crippen LogP contribution in [0, 0.1) is 0 Å². The molecule has 106 valence electrons. The molecule has 0 saturated heterocycles. The van der Waals surface area contributed by atoms with Crippen molar-refractivity contribution in [3.05, 3.63) is 48.6 Å². The minimum absolute atomic E-state index is 0.117. The number of hydrogen-bond acceptors (Lipinski definition) is 3. The Labute approximate surface area is 116 Å². The summed E-state index contributed by atoms with van der Waals surface area (Å²) in [6, 6.07) is 8.45. The summed E-state index contributed by atoms with van der Waals surface area (Å²) in [5, 5.41) is 11.2. The molecule has 0 saturated carbocycles. The zero-order valence-corrected chi connectivity index (χ0v) is 10.9. The Morgan fingerprint density at radius 3 is 2.45 bits per heavy atom. The lowest BCUT2D eigenvalue weighted by Gasteiger charge is -2.19. The molecule has 0 heterocycles. The van der Waals surface area contributed by atoms with Crippen LogP contribution in [0.15, 0.2) is 43.0 Å². The zero-order chi connectivity index (χ0) is 15.0. The van der Waals surface area contributed by atoms with Crippen molar-refractivity contribution in [2.75, 3.05) is 19.6 Å². The topological polar surface area (TPSA) is 86.7 Å². The van der Waals surface area contributed by atoms with Crippen molar-refractivity contribution in [3.8, 4) is 0 Å². The molecule has 0 aliphatic heterocycles. The molecule has 0 bridgehead atoms. The summed E-state index contributed by atoms with van der Waals surface area (Å²) in [5.41, 5.74) is 0.439. The molecule has 1 aromatic carbocycles. The molecular formula is C14H16N2O4. The fourth-order valence-corrected chi connectivity index (χ4v) is 1.53. The van der Waals surface area contributed by atoms with Crippen LogP contribution in [-0.2, 0) is 9.59 Å². The van der Waals surface area contributed by atoms with Gasteiger partial charge in [-0.2, -0.15) is 0 Å². The van der Waals surface area contributed by atoms with Crippen LogP contribution in [0.3, 0.4) is 0 Å². The zero-order valence-electron chi connectivity index (χ0n) is 10.9. The maximum atomic E-state index is 11.8. The largest absolute Gasteiger partial charge is 0.480 e. The molecule has 6 heteroatoms. The highest BCUT2D eigenvalue weighted by Crippen LogP contribution is 1.98. The van der Waals surface area contributed by atoms with Crippen molar-refractivity contribution < 1.29 is 19.5 Å². The van der Waals surface area contributed by atoms with Crippen LogP contribution in [0.5, 0.6) is 0 Å². The van der Waals surface area contributed by atoms with E-state index in [0.717, 1.165) is 4.90 Å². The maximum absolute atomic E-state index is 11.8. The monoisotopic (exact) mass is 276 g/mol. The Morgan fingerprint density at radius 1 is 1.25 bits per heavy atom. The van der Waals surface area contributed by atoms with Gasteiger partial charge in [0.05, 0.1) is 6.54 Å². The average Bonchev–Trinajstić information content (AvgIpc) is 2.44. The number of hydrogen-bond donors (Lipinski definition) is 2. The van der Waals surface area contributed by atoms with Gasteiger partial charge in [-0.05, 0) is 12.1 Å². The SMILES string of the molecule is C=CCN(CC(=O)O)C(=O)CNC(=O)c1ccccc1. The third-order valence-corrected chi connectivity index (χ3v) is 2.46. The summed E-state index contributed by atoms with van der Waals surface area (Å²) in [5.74, 6) is -1.97. The molecule has 6 nitrogen and oxygen atoms in total. The van der Waals surface area contributed by atoms with Gasteiger partial charge in [0, 0.05) is 12.1 Å². The number of benzene rings is 1.